The van der Waals surface area contributed by atoms with E-state index in [0.29, 0.717) is 29.9 Å². The van der Waals surface area contributed by atoms with Crippen molar-refractivity contribution >= 4 is 22.9 Å². The molecule has 24 heavy (non-hydrogen) atoms. The summed E-state index contributed by atoms with van der Waals surface area (Å²) in [5, 5.41) is 5.17. The van der Waals surface area contributed by atoms with Gasteiger partial charge in [-0.3, -0.25) is 19.1 Å². The average molecular weight is 343 g/mol. The Bertz CT molecular complexity index is 966. The number of nitrogens with zero attached hydrogens (tertiary/aromatic N) is 1. The van der Waals surface area contributed by atoms with Crippen molar-refractivity contribution in [3.05, 3.63) is 60.1 Å². The zero-order valence-electron chi connectivity index (χ0n) is 13.2. The minimum absolute atomic E-state index is 0.0847. The zero-order valence-corrected chi connectivity index (χ0v) is 14.0. The van der Waals surface area contributed by atoms with Gasteiger partial charge in [-0.05, 0) is 31.2 Å². The van der Waals surface area contributed by atoms with Crippen LogP contribution in [-0.4, -0.2) is 15.3 Å². The van der Waals surface area contributed by atoms with Crippen molar-refractivity contribution in [1.29, 1.82) is 0 Å². The highest BCUT2D eigenvalue weighted by molar-refractivity contribution is 7.10. The number of Topliss-reactive ketones (excluding diaryl/α,β-unsaturated/α-hetero) is 1. The highest BCUT2D eigenvalue weighted by atomic mass is 32.1. The van der Waals surface area contributed by atoms with E-state index in [2.05, 4.69) is 10.3 Å². The molecule has 1 atom stereocenters. The summed E-state index contributed by atoms with van der Waals surface area (Å²) in [6.07, 6.45) is 2.05. The van der Waals surface area contributed by atoms with Gasteiger partial charge in [-0.1, -0.05) is 6.07 Å². The average Bonchev–Trinajstić information content (AvgIpc) is 3.07. The predicted molar refractivity (Wildman–Crippen MR) is 92.7 cm³/mol. The molecular weight excluding hydrogens is 326 g/mol. The molecule has 6 nitrogen and oxygen atoms in total. The van der Waals surface area contributed by atoms with Crippen LogP contribution in [-0.2, 0) is 11.3 Å². The molecule has 1 aliphatic carbocycles. The van der Waals surface area contributed by atoms with Crippen LogP contribution in [0.4, 0.5) is 5.82 Å². The van der Waals surface area contributed by atoms with Crippen LogP contribution in [0.25, 0.3) is 0 Å². The lowest BCUT2D eigenvalue weighted by molar-refractivity contribution is -0.116. The van der Waals surface area contributed by atoms with Crippen LogP contribution in [0.2, 0.25) is 0 Å². The number of allylic oxidation sites excluding steroid dienone is 2. The third-order valence-corrected chi connectivity index (χ3v) is 5.62. The van der Waals surface area contributed by atoms with Crippen LogP contribution in [0, 0.1) is 0 Å². The Balaban J connectivity index is 2.06. The number of anilines is 1. The fourth-order valence-electron chi connectivity index (χ4n) is 3.65. The van der Waals surface area contributed by atoms with E-state index in [-0.39, 0.29) is 5.78 Å². The molecule has 2 aromatic heterocycles. The Morgan fingerprint density at radius 3 is 2.83 bits per heavy atom. The number of thiophene rings is 1. The van der Waals surface area contributed by atoms with Gasteiger partial charge in [0.05, 0.1) is 11.5 Å². The monoisotopic (exact) mass is 343 g/mol. The smallest absolute Gasteiger partial charge is 0.329 e. The molecule has 2 aliphatic rings. The number of hydrogen-bond donors (Lipinski definition) is 2. The number of hydrogen-bond acceptors (Lipinski definition) is 5. The fraction of sp³-hybridized carbons (Fsp3) is 0.353. The molecule has 0 bridgehead atoms. The Morgan fingerprint density at radius 2 is 2.12 bits per heavy atom. The fourth-order valence-corrected chi connectivity index (χ4v) is 4.49. The highest BCUT2D eigenvalue weighted by Crippen LogP contribution is 2.44. The molecule has 1 aliphatic heterocycles. The summed E-state index contributed by atoms with van der Waals surface area (Å²) in [7, 11) is 0. The summed E-state index contributed by atoms with van der Waals surface area (Å²) in [6, 6.07) is 3.86. The third-order valence-electron chi connectivity index (χ3n) is 4.68. The normalized spacial score (nSPS) is 19.7. The molecule has 0 radical (unpaired) electrons. The quantitative estimate of drug-likeness (QED) is 0.875. The third kappa shape index (κ3) is 2.11. The van der Waals surface area contributed by atoms with Gasteiger partial charge < -0.3 is 5.32 Å². The van der Waals surface area contributed by atoms with Crippen LogP contribution in [0.3, 0.4) is 0 Å². The number of ketones is 1. The molecule has 0 saturated heterocycles. The van der Waals surface area contributed by atoms with Gasteiger partial charge >= 0.3 is 5.69 Å². The molecule has 0 spiro atoms. The standard InChI is InChI=1S/C17H17N3O3S/c1-2-20-15-14(16(22)19-17(20)23)13(11-7-4-8-24-11)12-9(18-15)5-3-6-10(12)21/h4,7-8,13,18H,2-3,5-6H2,1H3,(H,19,22,23). The highest BCUT2D eigenvalue weighted by Gasteiger charge is 2.38. The lowest BCUT2D eigenvalue weighted by atomic mass is 9.79. The number of rotatable bonds is 2. The van der Waals surface area contributed by atoms with Gasteiger partial charge in [0.2, 0.25) is 0 Å². The van der Waals surface area contributed by atoms with Gasteiger partial charge in [-0.15, -0.1) is 11.3 Å². The summed E-state index contributed by atoms with van der Waals surface area (Å²) in [4.78, 5) is 40.7. The van der Waals surface area contributed by atoms with E-state index in [1.807, 2.05) is 24.4 Å². The van der Waals surface area contributed by atoms with Crippen molar-refractivity contribution in [2.45, 2.75) is 38.6 Å². The second kappa shape index (κ2) is 5.59. The Labute approximate surface area is 141 Å². The number of aromatic amines is 1. The van der Waals surface area contributed by atoms with Crippen molar-refractivity contribution in [3.63, 3.8) is 0 Å². The molecule has 1 unspecified atom stereocenters. The molecule has 4 rings (SSSR count). The van der Waals surface area contributed by atoms with Crippen molar-refractivity contribution in [2.75, 3.05) is 5.32 Å². The van der Waals surface area contributed by atoms with Crippen LogP contribution in [0.1, 0.15) is 42.5 Å². The van der Waals surface area contributed by atoms with Crippen molar-refractivity contribution in [1.82, 2.24) is 9.55 Å². The summed E-state index contributed by atoms with van der Waals surface area (Å²) in [6.45, 7) is 2.30. The van der Waals surface area contributed by atoms with Crippen molar-refractivity contribution in [2.24, 2.45) is 0 Å². The van der Waals surface area contributed by atoms with E-state index >= 15 is 0 Å². The number of nitrogens with one attached hydrogen (secondary N) is 2. The first-order valence-corrected chi connectivity index (χ1v) is 8.93. The maximum Gasteiger partial charge on any atom is 0.329 e. The van der Waals surface area contributed by atoms with E-state index in [0.717, 1.165) is 23.4 Å². The first kappa shape index (κ1) is 15.1. The molecule has 0 aromatic carbocycles. The van der Waals surface area contributed by atoms with Crippen molar-refractivity contribution < 1.29 is 4.79 Å². The largest absolute Gasteiger partial charge is 0.344 e. The molecule has 3 heterocycles. The van der Waals surface area contributed by atoms with Crippen LogP contribution in [0.5, 0.6) is 0 Å². The first-order valence-electron chi connectivity index (χ1n) is 8.05. The number of aromatic nitrogens is 2. The lowest BCUT2D eigenvalue weighted by Crippen LogP contribution is -2.39. The number of carbonyl (C=O) groups is 1. The molecule has 124 valence electrons. The first-order chi connectivity index (χ1) is 11.6. The van der Waals surface area contributed by atoms with Gasteiger partial charge in [0, 0.05) is 29.1 Å². The summed E-state index contributed by atoms with van der Waals surface area (Å²) in [5.41, 5.74) is 1.15. The van der Waals surface area contributed by atoms with E-state index in [9.17, 15) is 14.4 Å². The van der Waals surface area contributed by atoms with E-state index < -0.39 is 17.2 Å². The van der Waals surface area contributed by atoms with E-state index in [1.54, 1.807) is 0 Å². The molecule has 7 heteroatoms. The molecule has 2 N–H and O–H groups in total. The van der Waals surface area contributed by atoms with Crippen molar-refractivity contribution in [3.8, 4) is 0 Å². The van der Waals surface area contributed by atoms with Crippen LogP contribution >= 0.6 is 11.3 Å². The molecule has 0 amide bonds. The van der Waals surface area contributed by atoms with Gasteiger partial charge in [-0.25, -0.2) is 4.79 Å². The molecule has 0 saturated carbocycles. The maximum atomic E-state index is 12.6. The Morgan fingerprint density at radius 1 is 1.29 bits per heavy atom. The second-order valence-electron chi connectivity index (χ2n) is 6.01. The van der Waals surface area contributed by atoms with Gasteiger partial charge in [-0.2, -0.15) is 0 Å². The van der Waals surface area contributed by atoms with E-state index in [1.165, 1.54) is 15.9 Å². The molecule has 2 aromatic rings. The van der Waals surface area contributed by atoms with E-state index in [4.69, 9.17) is 0 Å². The lowest BCUT2D eigenvalue weighted by Gasteiger charge is -2.33. The topological polar surface area (TPSA) is 84.0 Å². The summed E-state index contributed by atoms with van der Waals surface area (Å²) in [5.74, 6) is 0.214. The number of H-pyrrole nitrogens is 1. The minimum atomic E-state index is -0.426. The zero-order chi connectivity index (χ0) is 16.8. The number of carbonyl (C=O) groups excluding carboxylic acids is 1. The SMILES string of the molecule is CCn1c2c(c(=O)[nH]c1=O)C(c1cccs1)C1=C(CCCC1=O)N2. The van der Waals surface area contributed by atoms with Gasteiger partial charge in [0.25, 0.3) is 5.56 Å². The van der Waals surface area contributed by atoms with Gasteiger partial charge in [0.15, 0.2) is 5.78 Å². The molecule has 0 fully saturated rings. The summed E-state index contributed by atoms with van der Waals surface area (Å²) < 4.78 is 1.53. The number of fused-ring (bicyclic) bond motifs is 1. The Hall–Kier alpha value is -2.41. The Kier molecular flexibility index (Phi) is 3.53. The molecular formula is C17H17N3O3S. The summed E-state index contributed by atoms with van der Waals surface area (Å²) >= 11 is 1.52. The van der Waals surface area contributed by atoms with Crippen LogP contribution in [0.15, 0.2) is 38.4 Å². The van der Waals surface area contributed by atoms with Gasteiger partial charge in [0.1, 0.15) is 5.82 Å². The second-order valence-corrected chi connectivity index (χ2v) is 6.99. The minimum Gasteiger partial charge on any atom is -0.344 e. The maximum absolute atomic E-state index is 12.6. The predicted octanol–water partition coefficient (Wildman–Crippen LogP) is 2.18. The van der Waals surface area contributed by atoms with Crippen LogP contribution < -0.4 is 16.6 Å².